The highest BCUT2D eigenvalue weighted by atomic mass is 16.2. The minimum absolute atomic E-state index is 0.292. The van der Waals surface area contributed by atoms with Crippen molar-refractivity contribution in [1.82, 2.24) is 15.1 Å². The van der Waals surface area contributed by atoms with Gasteiger partial charge in [0.05, 0.1) is 5.54 Å². The molecular weight excluding hydrogens is 226 g/mol. The Morgan fingerprint density at radius 1 is 1.17 bits per heavy atom. The molecule has 4 heteroatoms. The Morgan fingerprint density at radius 3 is 2.44 bits per heavy atom. The summed E-state index contributed by atoms with van der Waals surface area (Å²) < 4.78 is 0. The van der Waals surface area contributed by atoms with Gasteiger partial charge in [0.25, 0.3) is 0 Å². The fraction of sp³-hybridized carbons (Fsp3) is 0.929. The molecule has 1 saturated carbocycles. The third-order valence-electron chi connectivity index (χ3n) is 4.76. The average Bonchev–Trinajstić information content (AvgIpc) is 3.23. The molecule has 1 amide bonds. The molecule has 3 fully saturated rings. The minimum Gasteiger partial charge on any atom is -0.339 e. The fourth-order valence-corrected chi connectivity index (χ4v) is 3.32. The third kappa shape index (κ3) is 2.41. The quantitative estimate of drug-likeness (QED) is 0.789. The summed E-state index contributed by atoms with van der Waals surface area (Å²) in [7, 11) is 0. The van der Waals surface area contributed by atoms with Gasteiger partial charge in [0.15, 0.2) is 0 Å². The maximum atomic E-state index is 12.6. The van der Waals surface area contributed by atoms with Crippen molar-refractivity contribution in [2.24, 2.45) is 0 Å². The summed E-state index contributed by atoms with van der Waals surface area (Å²) in [6.07, 6.45) is 6.12. The molecule has 1 unspecified atom stereocenters. The number of rotatable bonds is 2. The van der Waals surface area contributed by atoms with Crippen molar-refractivity contribution in [3.8, 4) is 0 Å². The Labute approximate surface area is 110 Å². The number of nitrogens with one attached hydrogen (secondary N) is 1. The van der Waals surface area contributed by atoms with Crippen LogP contribution >= 0.6 is 0 Å². The van der Waals surface area contributed by atoms with Crippen LogP contribution in [0.25, 0.3) is 0 Å². The second-order valence-corrected chi connectivity index (χ2v) is 6.28. The molecule has 4 nitrogen and oxygen atoms in total. The predicted octanol–water partition coefficient (Wildman–Crippen LogP) is 0.825. The Kier molecular flexibility index (Phi) is 3.32. The first-order valence-corrected chi connectivity index (χ1v) is 7.47. The molecule has 18 heavy (non-hydrogen) atoms. The molecule has 1 aliphatic carbocycles. The van der Waals surface area contributed by atoms with Gasteiger partial charge >= 0.3 is 0 Å². The third-order valence-corrected chi connectivity index (χ3v) is 4.76. The summed E-state index contributed by atoms with van der Waals surface area (Å²) in [6, 6.07) is 0.839. The standard InChI is InChI=1S/C14H25N3O/c1-14(6-2-3-7-15-14)13(18)17-10-8-16(9-11-17)12-4-5-12/h12,15H,2-11H2,1H3. The largest absolute Gasteiger partial charge is 0.339 e. The number of hydrogen-bond donors (Lipinski definition) is 1. The summed E-state index contributed by atoms with van der Waals surface area (Å²) in [6.45, 7) is 7.07. The van der Waals surface area contributed by atoms with E-state index in [4.69, 9.17) is 0 Å². The normalized spacial score (nSPS) is 34.6. The maximum absolute atomic E-state index is 12.6. The van der Waals surface area contributed by atoms with Crippen LogP contribution in [-0.4, -0.2) is 60.0 Å². The lowest BCUT2D eigenvalue weighted by Crippen LogP contribution is -2.61. The van der Waals surface area contributed by atoms with Gasteiger partial charge in [-0.3, -0.25) is 9.69 Å². The van der Waals surface area contributed by atoms with Gasteiger partial charge in [-0.2, -0.15) is 0 Å². The number of piperidine rings is 1. The molecule has 2 saturated heterocycles. The number of amides is 1. The molecule has 1 N–H and O–H groups in total. The van der Waals surface area contributed by atoms with Crippen molar-refractivity contribution in [3.05, 3.63) is 0 Å². The number of carbonyl (C=O) groups excluding carboxylic acids is 1. The molecule has 3 aliphatic rings. The van der Waals surface area contributed by atoms with E-state index >= 15 is 0 Å². The Balaban J connectivity index is 1.56. The van der Waals surface area contributed by atoms with E-state index in [2.05, 4.69) is 22.0 Å². The minimum atomic E-state index is -0.292. The van der Waals surface area contributed by atoms with E-state index in [-0.39, 0.29) is 5.54 Å². The van der Waals surface area contributed by atoms with Crippen molar-refractivity contribution in [2.75, 3.05) is 32.7 Å². The van der Waals surface area contributed by atoms with E-state index in [0.717, 1.165) is 45.2 Å². The molecule has 0 aromatic rings. The van der Waals surface area contributed by atoms with Crippen LogP contribution in [0.5, 0.6) is 0 Å². The number of carbonyl (C=O) groups is 1. The second-order valence-electron chi connectivity index (χ2n) is 6.28. The lowest BCUT2D eigenvalue weighted by Gasteiger charge is -2.41. The van der Waals surface area contributed by atoms with E-state index in [1.165, 1.54) is 25.7 Å². The van der Waals surface area contributed by atoms with Crippen molar-refractivity contribution < 1.29 is 4.79 Å². The number of hydrogen-bond acceptors (Lipinski definition) is 3. The summed E-state index contributed by atoms with van der Waals surface area (Å²) in [5.74, 6) is 0.331. The highest BCUT2D eigenvalue weighted by Crippen LogP contribution is 2.28. The highest BCUT2D eigenvalue weighted by Gasteiger charge is 2.39. The monoisotopic (exact) mass is 251 g/mol. The summed E-state index contributed by atoms with van der Waals surface area (Å²) >= 11 is 0. The molecule has 2 aliphatic heterocycles. The van der Waals surface area contributed by atoms with Crippen LogP contribution in [0.4, 0.5) is 0 Å². The second kappa shape index (κ2) is 4.82. The Bertz CT molecular complexity index is 313. The van der Waals surface area contributed by atoms with Crippen LogP contribution in [-0.2, 0) is 4.79 Å². The van der Waals surface area contributed by atoms with Crippen LogP contribution < -0.4 is 5.32 Å². The van der Waals surface area contributed by atoms with Crippen molar-refractivity contribution in [2.45, 2.75) is 50.6 Å². The van der Waals surface area contributed by atoms with Gasteiger partial charge < -0.3 is 10.2 Å². The van der Waals surface area contributed by atoms with Gasteiger partial charge in [-0.1, -0.05) is 0 Å². The molecule has 0 spiro atoms. The number of piperazine rings is 1. The topological polar surface area (TPSA) is 35.6 Å². The SMILES string of the molecule is CC1(C(=O)N2CCN(C3CC3)CC2)CCCCN1. The van der Waals surface area contributed by atoms with Crippen LogP contribution in [0.1, 0.15) is 39.0 Å². The van der Waals surface area contributed by atoms with E-state index in [1.54, 1.807) is 0 Å². The molecule has 1 atom stereocenters. The summed E-state index contributed by atoms with van der Waals surface area (Å²) in [5, 5.41) is 3.43. The van der Waals surface area contributed by atoms with Crippen LogP contribution in [0.3, 0.4) is 0 Å². The lowest BCUT2D eigenvalue weighted by atomic mass is 9.89. The average molecular weight is 251 g/mol. The zero-order valence-corrected chi connectivity index (χ0v) is 11.5. The first-order chi connectivity index (χ1) is 8.69. The molecular formula is C14H25N3O. The van der Waals surface area contributed by atoms with Gasteiger partial charge in [0.2, 0.25) is 5.91 Å². The van der Waals surface area contributed by atoms with Crippen LogP contribution in [0.2, 0.25) is 0 Å². The zero-order chi connectivity index (χ0) is 12.6. The van der Waals surface area contributed by atoms with Crippen molar-refractivity contribution in [1.29, 1.82) is 0 Å². The molecule has 0 aromatic heterocycles. The van der Waals surface area contributed by atoms with Gasteiger partial charge in [-0.25, -0.2) is 0 Å². The maximum Gasteiger partial charge on any atom is 0.242 e. The van der Waals surface area contributed by atoms with E-state index in [0.29, 0.717) is 5.91 Å². The van der Waals surface area contributed by atoms with Crippen molar-refractivity contribution in [3.63, 3.8) is 0 Å². The van der Waals surface area contributed by atoms with E-state index in [9.17, 15) is 4.79 Å². The molecule has 102 valence electrons. The fourth-order valence-electron chi connectivity index (χ4n) is 3.32. The van der Waals surface area contributed by atoms with Gasteiger partial charge in [0, 0.05) is 32.2 Å². The van der Waals surface area contributed by atoms with Crippen molar-refractivity contribution >= 4 is 5.91 Å². The zero-order valence-electron chi connectivity index (χ0n) is 11.5. The Morgan fingerprint density at radius 2 is 1.89 bits per heavy atom. The first kappa shape index (κ1) is 12.4. The molecule has 0 aromatic carbocycles. The van der Waals surface area contributed by atoms with Gasteiger partial charge in [-0.15, -0.1) is 0 Å². The lowest BCUT2D eigenvalue weighted by molar-refractivity contribution is -0.140. The Hall–Kier alpha value is -0.610. The first-order valence-electron chi connectivity index (χ1n) is 7.47. The number of nitrogens with zero attached hydrogens (tertiary/aromatic N) is 2. The van der Waals surface area contributed by atoms with Gasteiger partial charge in [0.1, 0.15) is 0 Å². The van der Waals surface area contributed by atoms with Gasteiger partial charge in [-0.05, 0) is 45.6 Å². The highest BCUT2D eigenvalue weighted by molar-refractivity contribution is 5.86. The molecule has 0 radical (unpaired) electrons. The van der Waals surface area contributed by atoms with E-state index in [1.807, 2.05) is 0 Å². The van der Waals surface area contributed by atoms with Crippen LogP contribution in [0, 0.1) is 0 Å². The molecule has 3 rings (SSSR count). The van der Waals surface area contributed by atoms with Crippen LogP contribution in [0.15, 0.2) is 0 Å². The summed E-state index contributed by atoms with van der Waals surface area (Å²) in [4.78, 5) is 17.2. The predicted molar refractivity (Wildman–Crippen MR) is 71.4 cm³/mol. The molecule has 0 bridgehead atoms. The molecule has 2 heterocycles. The summed E-state index contributed by atoms with van der Waals surface area (Å²) in [5.41, 5.74) is -0.292. The smallest absolute Gasteiger partial charge is 0.242 e. The van der Waals surface area contributed by atoms with E-state index < -0.39 is 0 Å².